The minimum atomic E-state index is -0.0216. The monoisotopic (exact) mass is 335 g/mol. The van der Waals surface area contributed by atoms with E-state index >= 15 is 0 Å². The molecule has 128 valence electrons. The van der Waals surface area contributed by atoms with Gasteiger partial charge in [0.05, 0.1) is 0 Å². The Bertz CT molecular complexity index is 892. The van der Waals surface area contributed by atoms with Crippen molar-refractivity contribution in [1.82, 2.24) is 10.3 Å². The van der Waals surface area contributed by atoms with E-state index in [4.69, 9.17) is 5.73 Å². The first-order valence-corrected chi connectivity index (χ1v) is 8.71. The van der Waals surface area contributed by atoms with Crippen molar-refractivity contribution >= 4 is 17.2 Å². The molecule has 4 N–H and O–H groups in total. The summed E-state index contributed by atoms with van der Waals surface area (Å²) in [7, 11) is 0. The SMILES string of the molecule is Nc1ccc(/C(=C\[C@H]2CCC(=O)N2)c2ccc(C3CC3)c(=O)[nH]2)cc1. The molecule has 1 amide bonds. The van der Waals surface area contributed by atoms with Crippen molar-refractivity contribution in [3.63, 3.8) is 0 Å². The Morgan fingerprint density at radius 3 is 2.40 bits per heavy atom. The van der Waals surface area contributed by atoms with Gasteiger partial charge in [0, 0.05) is 35.0 Å². The molecule has 0 spiro atoms. The zero-order chi connectivity index (χ0) is 17.4. The Morgan fingerprint density at radius 2 is 1.80 bits per heavy atom. The van der Waals surface area contributed by atoms with Crippen LogP contribution >= 0.6 is 0 Å². The maximum Gasteiger partial charge on any atom is 0.251 e. The second kappa shape index (κ2) is 6.24. The molecule has 1 aliphatic heterocycles. The summed E-state index contributed by atoms with van der Waals surface area (Å²) in [5.41, 5.74) is 9.98. The predicted molar refractivity (Wildman–Crippen MR) is 98.1 cm³/mol. The van der Waals surface area contributed by atoms with Crippen molar-refractivity contribution in [2.24, 2.45) is 0 Å². The summed E-state index contributed by atoms with van der Waals surface area (Å²) in [5, 5.41) is 2.96. The van der Waals surface area contributed by atoms with Gasteiger partial charge in [-0.1, -0.05) is 24.3 Å². The fraction of sp³-hybridized carbons (Fsp3) is 0.300. The first kappa shape index (κ1) is 15.7. The van der Waals surface area contributed by atoms with Gasteiger partial charge in [0.15, 0.2) is 0 Å². The van der Waals surface area contributed by atoms with Crippen LogP contribution in [-0.2, 0) is 4.79 Å². The highest BCUT2D eigenvalue weighted by molar-refractivity contribution is 5.82. The molecule has 0 radical (unpaired) electrons. The van der Waals surface area contributed by atoms with Crippen LogP contribution in [-0.4, -0.2) is 16.9 Å². The van der Waals surface area contributed by atoms with Crippen LogP contribution in [0.5, 0.6) is 0 Å². The zero-order valence-electron chi connectivity index (χ0n) is 13.9. The summed E-state index contributed by atoms with van der Waals surface area (Å²) in [6, 6.07) is 11.4. The van der Waals surface area contributed by atoms with Gasteiger partial charge in [-0.2, -0.15) is 0 Å². The fourth-order valence-corrected chi connectivity index (χ4v) is 3.33. The third-order valence-electron chi connectivity index (χ3n) is 4.87. The first-order chi connectivity index (χ1) is 12.1. The fourth-order valence-electron chi connectivity index (χ4n) is 3.33. The molecule has 1 aliphatic carbocycles. The Labute approximate surface area is 146 Å². The number of hydrogen-bond donors (Lipinski definition) is 3. The van der Waals surface area contributed by atoms with Gasteiger partial charge in [-0.05, 0) is 48.9 Å². The van der Waals surface area contributed by atoms with E-state index in [0.29, 0.717) is 18.0 Å². The molecule has 5 nitrogen and oxygen atoms in total. The molecule has 1 saturated heterocycles. The second-order valence-corrected chi connectivity index (χ2v) is 6.85. The Kier molecular flexibility index (Phi) is 3.92. The second-order valence-electron chi connectivity index (χ2n) is 6.85. The van der Waals surface area contributed by atoms with Crippen molar-refractivity contribution in [1.29, 1.82) is 0 Å². The van der Waals surface area contributed by atoms with Gasteiger partial charge in [0.1, 0.15) is 0 Å². The smallest absolute Gasteiger partial charge is 0.251 e. The molecule has 4 rings (SSSR count). The number of nitrogens with one attached hydrogen (secondary N) is 2. The summed E-state index contributed by atoms with van der Waals surface area (Å²) in [5.74, 6) is 0.478. The van der Waals surface area contributed by atoms with E-state index in [2.05, 4.69) is 10.3 Å². The molecule has 1 saturated carbocycles. The Balaban J connectivity index is 1.75. The van der Waals surface area contributed by atoms with Gasteiger partial charge in [-0.15, -0.1) is 0 Å². The van der Waals surface area contributed by atoms with E-state index in [1.54, 1.807) is 0 Å². The highest BCUT2D eigenvalue weighted by atomic mass is 16.2. The number of benzene rings is 1. The minimum Gasteiger partial charge on any atom is -0.399 e. The first-order valence-electron chi connectivity index (χ1n) is 8.71. The van der Waals surface area contributed by atoms with E-state index in [1.807, 2.05) is 42.5 Å². The number of nitrogens with two attached hydrogens (primary N) is 1. The van der Waals surface area contributed by atoms with Crippen LogP contribution in [0.2, 0.25) is 0 Å². The number of hydrogen-bond acceptors (Lipinski definition) is 3. The van der Waals surface area contributed by atoms with Crippen LogP contribution < -0.4 is 16.6 Å². The average molecular weight is 335 g/mol. The van der Waals surface area contributed by atoms with E-state index in [1.165, 1.54) is 0 Å². The van der Waals surface area contributed by atoms with E-state index in [9.17, 15) is 9.59 Å². The molecular weight excluding hydrogens is 314 g/mol. The molecule has 2 aromatic rings. The summed E-state index contributed by atoms with van der Waals surface area (Å²) in [6.07, 6.45) is 5.52. The number of pyridine rings is 1. The summed E-state index contributed by atoms with van der Waals surface area (Å²) in [6.45, 7) is 0. The maximum atomic E-state index is 12.4. The lowest BCUT2D eigenvalue weighted by Crippen LogP contribution is -2.23. The third-order valence-corrected chi connectivity index (χ3v) is 4.87. The van der Waals surface area contributed by atoms with Crippen LogP contribution in [0, 0.1) is 0 Å². The van der Waals surface area contributed by atoms with Crippen molar-refractivity contribution in [3.8, 4) is 0 Å². The minimum absolute atomic E-state index is 0.0168. The molecule has 2 heterocycles. The number of carbonyl (C=O) groups is 1. The lowest BCUT2D eigenvalue weighted by molar-refractivity contribution is -0.119. The highest BCUT2D eigenvalue weighted by Crippen LogP contribution is 2.38. The molecule has 1 atom stereocenters. The molecule has 2 aliphatic rings. The predicted octanol–water partition coefficient (Wildman–Crippen LogP) is 2.54. The van der Waals surface area contributed by atoms with Gasteiger partial charge >= 0.3 is 0 Å². The number of carbonyl (C=O) groups excluding carboxylic acids is 1. The Morgan fingerprint density at radius 1 is 1.04 bits per heavy atom. The van der Waals surface area contributed by atoms with Crippen LogP contribution in [0.3, 0.4) is 0 Å². The molecule has 5 heteroatoms. The molecule has 2 fully saturated rings. The van der Waals surface area contributed by atoms with Gasteiger partial charge in [-0.3, -0.25) is 9.59 Å². The van der Waals surface area contributed by atoms with Crippen LogP contribution in [0.1, 0.15) is 48.4 Å². The molecule has 25 heavy (non-hydrogen) atoms. The maximum absolute atomic E-state index is 12.4. The number of anilines is 1. The average Bonchev–Trinajstić information content (AvgIpc) is 3.35. The van der Waals surface area contributed by atoms with E-state index < -0.39 is 0 Å². The van der Waals surface area contributed by atoms with Gasteiger partial charge in [0.25, 0.3) is 5.56 Å². The zero-order valence-corrected chi connectivity index (χ0v) is 13.9. The standard InChI is InChI=1S/C20H21N3O2/c21-14-5-3-13(4-6-14)17(11-15-7-10-19(24)22-15)18-9-8-16(12-1-2-12)20(25)23-18/h3-6,8-9,11-12,15H,1-2,7,10,21H2,(H,22,24)(H,23,25)/b17-11+/t15-/m1/s1. The van der Waals surface area contributed by atoms with Crippen LogP contribution in [0.25, 0.3) is 5.57 Å². The van der Waals surface area contributed by atoms with Crippen molar-refractivity contribution < 1.29 is 4.79 Å². The van der Waals surface area contributed by atoms with E-state index in [-0.39, 0.29) is 17.5 Å². The summed E-state index contributed by atoms with van der Waals surface area (Å²) < 4.78 is 0. The summed E-state index contributed by atoms with van der Waals surface area (Å²) in [4.78, 5) is 27.0. The number of aromatic amines is 1. The molecule has 1 aromatic carbocycles. The largest absolute Gasteiger partial charge is 0.399 e. The number of H-pyrrole nitrogens is 1. The number of nitrogen functional groups attached to an aromatic ring is 1. The van der Waals surface area contributed by atoms with Crippen molar-refractivity contribution in [2.45, 2.75) is 37.6 Å². The van der Waals surface area contributed by atoms with Gasteiger partial charge in [0.2, 0.25) is 5.91 Å². The normalized spacial score (nSPS) is 20.6. The third kappa shape index (κ3) is 3.36. The lowest BCUT2D eigenvalue weighted by Gasteiger charge is -2.13. The molecule has 1 aromatic heterocycles. The summed E-state index contributed by atoms with van der Waals surface area (Å²) >= 11 is 0. The molecule has 0 bridgehead atoms. The molecule has 0 unspecified atom stereocenters. The number of rotatable bonds is 4. The quantitative estimate of drug-likeness (QED) is 0.750. The Hall–Kier alpha value is -2.82. The highest BCUT2D eigenvalue weighted by Gasteiger charge is 2.26. The van der Waals surface area contributed by atoms with Gasteiger partial charge in [-0.25, -0.2) is 0 Å². The van der Waals surface area contributed by atoms with Gasteiger partial charge < -0.3 is 16.0 Å². The van der Waals surface area contributed by atoms with Crippen molar-refractivity contribution in [3.05, 3.63) is 69.6 Å². The number of amides is 1. The van der Waals surface area contributed by atoms with Crippen LogP contribution in [0.15, 0.2) is 47.3 Å². The topological polar surface area (TPSA) is 88.0 Å². The lowest BCUT2D eigenvalue weighted by atomic mass is 9.98. The molecular formula is C20H21N3O2. The van der Waals surface area contributed by atoms with Crippen molar-refractivity contribution in [2.75, 3.05) is 5.73 Å². The number of aromatic nitrogens is 1. The van der Waals surface area contributed by atoms with Crippen LogP contribution in [0.4, 0.5) is 5.69 Å². The van der Waals surface area contributed by atoms with E-state index in [0.717, 1.165) is 41.7 Å².